The van der Waals surface area contributed by atoms with Crippen LogP contribution in [0.2, 0.25) is 5.02 Å². The quantitative estimate of drug-likeness (QED) is 0.761. The van der Waals surface area contributed by atoms with Gasteiger partial charge in [-0.1, -0.05) is 23.7 Å². The van der Waals surface area contributed by atoms with Crippen LogP contribution in [0.5, 0.6) is 0 Å². The van der Waals surface area contributed by atoms with E-state index in [1.807, 2.05) is 24.3 Å². The van der Waals surface area contributed by atoms with E-state index in [0.717, 1.165) is 38.3 Å². The predicted octanol–water partition coefficient (Wildman–Crippen LogP) is 1.04. The first-order chi connectivity index (χ1) is 9.74. The van der Waals surface area contributed by atoms with E-state index in [1.54, 1.807) is 0 Å². The first kappa shape index (κ1) is 15.1. The maximum absolute atomic E-state index is 11.7. The van der Waals surface area contributed by atoms with Crippen molar-refractivity contribution >= 4 is 17.6 Å². The molecule has 1 aromatic carbocycles. The molecule has 3 N–H and O–H groups in total. The highest BCUT2D eigenvalue weighted by atomic mass is 35.5. The Morgan fingerprint density at radius 3 is 2.85 bits per heavy atom. The molecule has 0 aliphatic carbocycles. The van der Waals surface area contributed by atoms with E-state index in [9.17, 15) is 4.79 Å². The van der Waals surface area contributed by atoms with Crippen LogP contribution >= 0.6 is 11.6 Å². The molecule has 1 saturated heterocycles. The Bertz CT molecular complexity index is 435. The van der Waals surface area contributed by atoms with E-state index < -0.39 is 0 Å². The van der Waals surface area contributed by atoms with Crippen LogP contribution in [0.1, 0.15) is 5.56 Å². The third kappa shape index (κ3) is 5.36. The molecular weight excluding hydrogens is 276 g/mol. The van der Waals surface area contributed by atoms with Crippen molar-refractivity contribution < 1.29 is 4.79 Å². The monoisotopic (exact) mass is 296 g/mol. The summed E-state index contributed by atoms with van der Waals surface area (Å²) in [6.45, 7) is 6.20. The van der Waals surface area contributed by atoms with Gasteiger partial charge in [0.25, 0.3) is 0 Å². The number of nitrogens with one attached hydrogen (secondary N) is 3. The number of nitrogens with zero attached hydrogens (tertiary/aromatic N) is 1. The molecule has 2 amide bonds. The van der Waals surface area contributed by atoms with E-state index in [1.165, 1.54) is 0 Å². The smallest absolute Gasteiger partial charge is 0.315 e. The van der Waals surface area contributed by atoms with E-state index in [-0.39, 0.29) is 6.03 Å². The van der Waals surface area contributed by atoms with Gasteiger partial charge in [0.15, 0.2) is 0 Å². The van der Waals surface area contributed by atoms with Gasteiger partial charge in [-0.25, -0.2) is 4.79 Å². The molecule has 0 bridgehead atoms. The van der Waals surface area contributed by atoms with Crippen molar-refractivity contribution in [2.24, 2.45) is 0 Å². The van der Waals surface area contributed by atoms with Crippen molar-refractivity contribution in [3.8, 4) is 0 Å². The summed E-state index contributed by atoms with van der Waals surface area (Å²) in [7, 11) is 0. The fourth-order valence-corrected chi connectivity index (χ4v) is 2.37. The number of hydrogen-bond acceptors (Lipinski definition) is 3. The SMILES string of the molecule is O=C(NCCN1CCNCC1)NCc1cccc(Cl)c1. The normalized spacial score (nSPS) is 15.8. The van der Waals surface area contributed by atoms with Gasteiger partial charge < -0.3 is 16.0 Å². The number of carbonyl (C=O) groups is 1. The zero-order chi connectivity index (χ0) is 14.2. The van der Waals surface area contributed by atoms with Crippen molar-refractivity contribution in [3.05, 3.63) is 34.9 Å². The summed E-state index contributed by atoms with van der Waals surface area (Å²) in [6, 6.07) is 7.34. The summed E-state index contributed by atoms with van der Waals surface area (Å²) in [4.78, 5) is 14.0. The molecule has 1 aliphatic heterocycles. The van der Waals surface area contributed by atoms with E-state index in [0.29, 0.717) is 18.1 Å². The zero-order valence-corrected chi connectivity index (χ0v) is 12.2. The Kier molecular flexibility index (Phi) is 6.11. The minimum Gasteiger partial charge on any atom is -0.337 e. The molecule has 5 nitrogen and oxygen atoms in total. The topological polar surface area (TPSA) is 56.4 Å². The second-order valence-corrected chi connectivity index (χ2v) is 5.27. The van der Waals surface area contributed by atoms with Crippen LogP contribution in [0.3, 0.4) is 0 Å². The molecule has 0 radical (unpaired) electrons. The molecular formula is C14H21ClN4O. The second kappa shape index (κ2) is 8.09. The van der Waals surface area contributed by atoms with Crippen LogP contribution in [0.15, 0.2) is 24.3 Å². The van der Waals surface area contributed by atoms with Crippen molar-refractivity contribution in [2.45, 2.75) is 6.54 Å². The predicted molar refractivity (Wildman–Crippen MR) is 81.0 cm³/mol. The van der Waals surface area contributed by atoms with Crippen LogP contribution < -0.4 is 16.0 Å². The van der Waals surface area contributed by atoms with Gasteiger partial charge in [0, 0.05) is 50.8 Å². The maximum Gasteiger partial charge on any atom is 0.315 e. The Labute approximate surface area is 124 Å². The molecule has 20 heavy (non-hydrogen) atoms. The summed E-state index contributed by atoms with van der Waals surface area (Å²) < 4.78 is 0. The molecule has 0 atom stereocenters. The van der Waals surface area contributed by atoms with Crippen molar-refractivity contribution in [1.29, 1.82) is 0 Å². The lowest BCUT2D eigenvalue weighted by atomic mass is 10.2. The van der Waals surface area contributed by atoms with Crippen LogP contribution in [0.25, 0.3) is 0 Å². The molecule has 0 unspecified atom stereocenters. The number of piperazine rings is 1. The highest BCUT2D eigenvalue weighted by molar-refractivity contribution is 6.30. The van der Waals surface area contributed by atoms with Crippen LogP contribution in [0.4, 0.5) is 4.79 Å². The van der Waals surface area contributed by atoms with Gasteiger partial charge in [-0.3, -0.25) is 4.90 Å². The molecule has 1 fully saturated rings. The van der Waals surface area contributed by atoms with E-state index in [2.05, 4.69) is 20.9 Å². The van der Waals surface area contributed by atoms with Crippen LogP contribution in [-0.2, 0) is 6.54 Å². The molecule has 0 spiro atoms. The average molecular weight is 297 g/mol. The van der Waals surface area contributed by atoms with E-state index in [4.69, 9.17) is 11.6 Å². The largest absolute Gasteiger partial charge is 0.337 e. The highest BCUT2D eigenvalue weighted by Crippen LogP contribution is 2.09. The number of carbonyl (C=O) groups excluding carboxylic acids is 1. The molecule has 2 rings (SSSR count). The Morgan fingerprint density at radius 1 is 1.30 bits per heavy atom. The molecule has 0 aromatic heterocycles. The lowest BCUT2D eigenvalue weighted by Crippen LogP contribution is -2.47. The third-order valence-corrected chi connectivity index (χ3v) is 3.50. The van der Waals surface area contributed by atoms with Gasteiger partial charge in [-0.15, -0.1) is 0 Å². The number of benzene rings is 1. The number of rotatable bonds is 5. The summed E-state index contributed by atoms with van der Waals surface area (Å²) in [5.41, 5.74) is 0.995. The highest BCUT2D eigenvalue weighted by Gasteiger charge is 2.09. The van der Waals surface area contributed by atoms with Crippen molar-refractivity contribution in [3.63, 3.8) is 0 Å². The lowest BCUT2D eigenvalue weighted by Gasteiger charge is -2.27. The molecule has 0 saturated carbocycles. The molecule has 1 aromatic rings. The molecule has 6 heteroatoms. The third-order valence-electron chi connectivity index (χ3n) is 3.27. The van der Waals surface area contributed by atoms with Crippen molar-refractivity contribution in [1.82, 2.24) is 20.9 Å². The fourth-order valence-electron chi connectivity index (χ4n) is 2.15. The van der Waals surface area contributed by atoms with Gasteiger partial charge in [-0.05, 0) is 17.7 Å². The summed E-state index contributed by atoms with van der Waals surface area (Å²) >= 11 is 5.89. The fraction of sp³-hybridized carbons (Fsp3) is 0.500. The zero-order valence-electron chi connectivity index (χ0n) is 11.5. The van der Waals surface area contributed by atoms with E-state index >= 15 is 0 Å². The second-order valence-electron chi connectivity index (χ2n) is 4.83. The van der Waals surface area contributed by atoms with Gasteiger partial charge in [0.05, 0.1) is 0 Å². The Hall–Kier alpha value is -1.30. The van der Waals surface area contributed by atoms with Crippen molar-refractivity contribution in [2.75, 3.05) is 39.3 Å². The van der Waals surface area contributed by atoms with Gasteiger partial charge in [-0.2, -0.15) is 0 Å². The minimum atomic E-state index is -0.139. The number of urea groups is 1. The summed E-state index contributed by atoms with van der Waals surface area (Å²) in [6.07, 6.45) is 0. The van der Waals surface area contributed by atoms with Crippen LogP contribution in [-0.4, -0.2) is 50.2 Å². The summed E-state index contributed by atoms with van der Waals surface area (Å²) in [5, 5.41) is 9.68. The average Bonchev–Trinajstić information content (AvgIpc) is 2.46. The lowest BCUT2D eigenvalue weighted by molar-refractivity contribution is 0.226. The van der Waals surface area contributed by atoms with Gasteiger partial charge >= 0.3 is 6.03 Å². The molecule has 1 aliphatic rings. The standard InChI is InChI=1S/C14H21ClN4O/c15-13-3-1-2-12(10-13)11-18-14(20)17-6-9-19-7-4-16-5-8-19/h1-3,10,16H,4-9,11H2,(H2,17,18,20). The Balaban J connectivity index is 1.60. The van der Waals surface area contributed by atoms with Crippen LogP contribution in [0, 0.1) is 0 Å². The number of hydrogen-bond donors (Lipinski definition) is 3. The minimum absolute atomic E-state index is 0.139. The first-order valence-corrected chi connectivity index (χ1v) is 7.31. The number of halogens is 1. The first-order valence-electron chi connectivity index (χ1n) is 6.93. The van der Waals surface area contributed by atoms with Gasteiger partial charge in [0.2, 0.25) is 0 Å². The molecule has 1 heterocycles. The number of amides is 2. The molecule has 110 valence electrons. The summed E-state index contributed by atoms with van der Waals surface area (Å²) in [5.74, 6) is 0. The maximum atomic E-state index is 11.7. The Morgan fingerprint density at radius 2 is 2.10 bits per heavy atom. The van der Waals surface area contributed by atoms with Gasteiger partial charge in [0.1, 0.15) is 0 Å².